The van der Waals surface area contributed by atoms with Crippen molar-refractivity contribution in [3.8, 4) is 5.88 Å². The Morgan fingerprint density at radius 2 is 1.88 bits per heavy atom. The van der Waals surface area contributed by atoms with Crippen molar-refractivity contribution in [1.82, 2.24) is 20.1 Å². The van der Waals surface area contributed by atoms with Crippen LogP contribution in [0.25, 0.3) is 10.9 Å². The number of amides is 1. The van der Waals surface area contributed by atoms with E-state index in [1.807, 2.05) is 36.1 Å². The number of likely N-dealkylation sites (tertiary alicyclic amines) is 1. The molecule has 1 saturated heterocycles. The molecule has 0 aliphatic carbocycles. The van der Waals surface area contributed by atoms with Crippen LogP contribution in [0.3, 0.4) is 0 Å². The number of aryl methyl sites for hydroxylation is 1. The lowest BCUT2D eigenvalue weighted by molar-refractivity contribution is -0.192. The molecule has 2 N–H and O–H groups in total. The topological polar surface area (TPSA) is 108 Å². The molecule has 12 heteroatoms. The van der Waals surface area contributed by atoms with E-state index < -0.39 is 12.1 Å². The summed E-state index contributed by atoms with van der Waals surface area (Å²) in [6, 6.07) is 7.45. The zero-order valence-electron chi connectivity index (χ0n) is 17.4. The molecule has 176 valence electrons. The number of piperidine rings is 1. The first-order chi connectivity index (χ1) is 15.5. The van der Waals surface area contributed by atoms with Gasteiger partial charge in [0.25, 0.3) is 5.91 Å². The minimum Gasteiger partial charge on any atom is -0.475 e. The molecule has 4 rings (SSSR count). The number of hydrogen-bond donors (Lipinski definition) is 2. The third-order valence-corrected chi connectivity index (χ3v) is 5.36. The highest BCUT2D eigenvalue weighted by atomic mass is 35.5. The molecule has 1 aliphatic rings. The van der Waals surface area contributed by atoms with Crippen molar-refractivity contribution in [1.29, 1.82) is 0 Å². The van der Waals surface area contributed by atoms with E-state index in [4.69, 9.17) is 26.2 Å². The van der Waals surface area contributed by atoms with Crippen molar-refractivity contribution in [3.05, 3.63) is 52.8 Å². The second kappa shape index (κ2) is 10.1. The molecule has 3 heterocycles. The predicted molar refractivity (Wildman–Crippen MR) is 113 cm³/mol. The van der Waals surface area contributed by atoms with Crippen molar-refractivity contribution >= 4 is 34.4 Å². The Hall–Kier alpha value is -3.34. The number of ether oxygens (including phenoxy) is 1. The zero-order chi connectivity index (χ0) is 24.2. The highest BCUT2D eigenvalue weighted by molar-refractivity contribution is 6.31. The van der Waals surface area contributed by atoms with Gasteiger partial charge in [-0.2, -0.15) is 18.3 Å². The Morgan fingerprint density at radius 3 is 2.48 bits per heavy atom. The zero-order valence-corrected chi connectivity index (χ0v) is 18.2. The van der Waals surface area contributed by atoms with Crippen LogP contribution in [0.4, 0.5) is 13.2 Å². The smallest absolute Gasteiger partial charge is 0.475 e. The average molecular weight is 485 g/mol. The van der Waals surface area contributed by atoms with Gasteiger partial charge in [-0.25, -0.2) is 9.78 Å². The SMILES string of the molecule is Cc1cc(OC2CCN(C(=O)c3ccc4[nH]ncc4c3)CC2)ncc1Cl.O=C(O)C(F)(F)F. The number of aliphatic carboxylic acids is 1. The second-order valence-corrected chi connectivity index (χ2v) is 7.76. The van der Waals surface area contributed by atoms with E-state index in [0.29, 0.717) is 29.6 Å². The molecule has 2 aromatic heterocycles. The summed E-state index contributed by atoms with van der Waals surface area (Å²) in [5.74, 6) is -2.12. The molecule has 0 unspecified atom stereocenters. The number of aromatic amines is 1. The van der Waals surface area contributed by atoms with E-state index in [0.717, 1.165) is 29.3 Å². The van der Waals surface area contributed by atoms with Crippen LogP contribution in [-0.4, -0.2) is 62.4 Å². The molecule has 33 heavy (non-hydrogen) atoms. The number of alkyl halides is 3. The van der Waals surface area contributed by atoms with Gasteiger partial charge in [0.05, 0.1) is 16.7 Å². The Labute approximate surface area is 191 Å². The molecule has 1 fully saturated rings. The highest BCUT2D eigenvalue weighted by Gasteiger charge is 2.38. The van der Waals surface area contributed by atoms with Crippen LogP contribution < -0.4 is 4.74 Å². The van der Waals surface area contributed by atoms with Crippen LogP contribution in [0.15, 0.2) is 36.7 Å². The number of rotatable bonds is 3. The number of nitrogens with one attached hydrogen (secondary N) is 1. The monoisotopic (exact) mass is 484 g/mol. The molecule has 0 spiro atoms. The quantitative estimate of drug-likeness (QED) is 0.575. The molecule has 8 nitrogen and oxygen atoms in total. The fourth-order valence-corrected chi connectivity index (χ4v) is 3.29. The summed E-state index contributed by atoms with van der Waals surface area (Å²) in [4.78, 5) is 27.7. The fourth-order valence-electron chi connectivity index (χ4n) is 3.18. The number of benzene rings is 1. The molecular weight excluding hydrogens is 465 g/mol. The van der Waals surface area contributed by atoms with E-state index >= 15 is 0 Å². The lowest BCUT2D eigenvalue weighted by atomic mass is 10.1. The van der Waals surface area contributed by atoms with Gasteiger partial charge in [0.1, 0.15) is 6.10 Å². The van der Waals surface area contributed by atoms with Crippen LogP contribution in [-0.2, 0) is 4.79 Å². The lowest BCUT2D eigenvalue weighted by Gasteiger charge is -2.32. The largest absolute Gasteiger partial charge is 0.490 e. The Balaban J connectivity index is 0.000000383. The van der Waals surface area contributed by atoms with Gasteiger partial charge in [0.2, 0.25) is 5.88 Å². The number of carboxylic acids is 1. The Morgan fingerprint density at radius 1 is 1.21 bits per heavy atom. The third-order valence-electron chi connectivity index (χ3n) is 4.97. The van der Waals surface area contributed by atoms with Gasteiger partial charge in [0, 0.05) is 49.1 Å². The van der Waals surface area contributed by atoms with E-state index in [-0.39, 0.29) is 12.0 Å². The van der Waals surface area contributed by atoms with Crippen molar-refractivity contribution in [2.45, 2.75) is 32.0 Å². The number of nitrogens with zero attached hydrogens (tertiary/aromatic N) is 3. The molecule has 3 aromatic rings. The van der Waals surface area contributed by atoms with E-state index in [9.17, 15) is 18.0 Å². The van der Waals surface area contributed by atoms with Crippen molar-refractivity contribution < 1.29 is 32.6 Å². The first kappa shape index (κ1) is 24.3. The molecule has 0 radical (unpaired) electrons. The number of halogens is 4. The number of carboxylic acid groups (broad SMARTS) is 1. The minimum atomic E-state index is -5.08. The number of H-pyrrole nitrogens is 1. The van der Waals surface area contributed by atoms with Gasteiger partial charge in [-0.05, 0) is 30.7 Å². The summed E-state index contributed by atoms with van der Waals surface area (Å²) in [6.07, 6.45) is -0.125. The number of hydrogen-bond acceptors (Lipinski definition) is 5. The summed E-state index contributed by atoms with van der Waals surface area (Å²) >= 11 is 6.00. The van der Waals surface area contributed by atoms with Crippen LogP contribution in [0.5, 0.6) is 5.88 Å². The first-order valence-electron chi connectivity index (χ1n) is 9.86. The molecule has 0 atom stereocenters. The molecule has 1 aliphatic heterocycles. The number of aromatic nitrogens is 3. The van der Waals surface area contributed by atoms with Crippen molar-refractivity contribution in [2.24, 2.45) is 0 Å². The standard InChI is InChI=1S/C19H19ClN4O2.C2HF3O2/c1-12-8-18(21-11-16(12)20)26-15-4-6-24(7-5-15)19(25)13-2-3-17-14(9-13)10-22-23-17;3-2(4,5)1(6)7/h2-3,8-11,15H,4-7H2,1H3,(H,22,23);(H,6,7). The first-order valence-corrected chi connectivity index (χ1v) is 10.2. The predicted octanol–water partition coefficient (Wildman–Crippen LogP) is 4.24. The molecule has 0 saturated carbocycles. The van der Waals surface area contributed by atoms with Gasteiger partial charge in [-0.1, -0.05) is 11.6 Å². The van der Waals surface area contributed by atoms with Crippen LogP contribution in [0, 0.1) is 6.92 Å². The maximum Gasteiger partial charge on any atom is 0.490 e. The van der Waals surface area contributed by atoms with Gasteiger partial charge in [0.15, 0.2) is 0 Å². The minimum absolute atomic E-state index is 0.0482. The lowest BCUT2D eigenvalue weighted by Crippen LogP contribution is -2.41. The number of pyridine rings is 1. The van der Waals surface area contributed by atoms with E-state index in [1.54, 1.807) is 12.4 Å². The van der Waals surface area contributed by atoms with Crippen molar-refractivity contribution in [2.75, 3.05) is 13.1 Å². The summed E-state index contributed by atoms with van der Waals surface area (Å²) in [7, 11) is 0. The Kier molecular flexibility index (Phi) is 7.42. The van der Waals surface area contributed by atoms with E-state index in [1.165, 1.54) is 0 Å². The summed E-state index contributed by atoms with van der Waals surface area (Å²) in [6.45, 7) is 3.26. The second-order valence-electron chi connectivity index (χ2n) is 7.36. The molecule has 0 bridgehead atoms. The normalized spacial score (nSPS) is 14.5. The molecular formula is C21H20ClF3N4O4. The van der Waals surface area contributed by atoms with Gasteiger partial charge >= 0.3 is 12.1 Å². The summed E-state index contributed by atoms with van der Waals surface area (Å²) in [5, 5.41) is 15.6. The molecule has 1 amide bonds. The van der Waals surface area contributed by atoms with Gasteiger partial charge < -0.3 is 14.7 Å². The number of carbonyl (C=O) groups is 2. The third kappa shape index (κ3) is 6.35. The maximum absolute atomic E-state index is 12.7. The summed E-state index contributed by atoms with van der Waals surface area (Å²) in [5.41, 5.74) is 2.56. The van der Waals surface area contributed by atoms with Gasteiger partial charge in [-0.15, -0.1) is 0 Å². The number of carbonyl (C=O) groups excluding carboxylic acids is 1. The van der Waals surface area contributed by atoms with E-state index in [2.05, 4.69) is 15.2 Å². The Bertz CT molecular complexity index is 1140. The maximum atomic E-state index is 12.7. The number of fused-ring (bicyclic) bond motifs is 1. The van der Waals surface area contributed by atoms with Crippen molar-refractivity contribution in [3.63, 3.8) is 0 Å². The highest BCUT2D eigenvalue weighted by Crippen LogP contribution is 2.23. The molecule has 1 aromatic carbocycles. The summed E-state index contributed by atoms with van der Waals surface area (Å²) < 4.78 is 37.7. The van der Waals surface area contributed by atoms with Crippen LogP contribution >= 0.6 is 11.6 Å². The van der Waals surface area contributed by atoms with Crippen LogP contribution in [0.2, 0.25) is 5.02 Å². The average Bonchev–Trinajstić information content (AvgIpc) is 3.24. The van der Waals surface area contributed by atoms with Gasteiger partial charge in [-0.3, -0.25) is 9.89 Å². The fraction of sp³-hybridized carbons (Fsp3) is 0.333. The van der Waals surface area contributed by atoms with Crippen LogP contribution in [0.1, 0.15) is 28.8 Å².